The van der Waals surface area contributed by atoms with Gasteiger partial charge < -0.3 is 4.57 Å². The molecule has 0 aliphatic carbocycles. The fourth-order valence-corrected chi connectivity index (χ4v) is 2.79. The van der Waals surface area contributed by atoms with Gasteiger partial charge in [-0.1, -0.05) is 54.9 Å². The average Bonchev–Trinajstić information content (AvgIpc) is 2.51. The molecule has 0 radical (unpaired) electrons. The van der Waals surface area contributed by atoms with Crippen molar-refractivity contribution in [1.29, 1.82) is 0 Å². The van der Waals surface area contributed by atoms with Crippen LogP contribution in [0.25, 0.3) is 22.0 Å². The molecule has 2 nitrogen and oxygen atoms in total. The molecule has 106 valence electrons. The minimum atomic E-state index is 0.0238. The third kappa shape index (κ3) is 2.59. The van der Waals surface area contributed by atoms with Crippen LogP contribution in [0, 0.1) is 0 Å². The van der Waals surface area contributed by atoms with Gasteiger partial charge in [-0.05, 0) is 35.6 Å². The molecule has 3 heteroatoms. The first kappa shape index (κ1) is 13.9. The molecule has 0 fully saturated rings. The summed E-state index contributed by atoms with van der Waals surface area (Å²) in [5.74, 6) is 0. The van der Waals surface area contributed by atoms with Crippen LogP contribution in [0.5, 0.6) is 0 Å². The Morgan fingerprint density at radius 1 is 1.05 bits per heavy atom. The lowest BCUT2D eigenvalue weighted by atomic mass is 10.1. The number of halogens is 1. The number of pyridine rings is 1. The van der Waals surface area contributed by atoms with Crippen molar-refractivity contribution in [2.24, 2.45) is 0 Å². The Hall–Kier alpha value is -2.06. The summed E-state index contributed by atoms with van der Waals surface area (Å²) < 4.78 is 1.84. The lowest BCUT2D eigenvalue weighted by Gasteiger charge is -2.14. The fraction of sp³-hybridized carbons (Fsp3) is 0.167. The summed E-state index contributed by atoms with van der Waals surface area (Å²) >= 11 is 6.03. The molecule has 0 aliphatic rings. The SMILES string of the molecule is CCCn1c(-c2ccccc2)cc2ccc(Cl)cc2c1=O. The smallest absolute Gasteiger partial charge is 0.258 e. The molecule has 21 heavy (non-hydrogen) atoms. The minimum absolute atomic E-state index is 0.0238. The number of hydrogen-bond donors (Lipinski definition) is 0. The van der Waals surface area contributed by atoms with E-state index in [0.717, 1.165) is 23.1 Å². The van der Waals surface area contributed by atoms with Gasteiger partial charge in [0.05, 0.1) is 5.69 Å². The van der Waals surface area contributed by atoms with Crippen LogP contribution < -0.4 is 5.56 Å². The second kappa shape index (κ2) is 5.74. The summed E-state index contributed by atoms with van der Waals surface area (Å²) in [6.45, 7) is 2.77. The molecule has 0 saturated carbocycles. The Morgan fingerprint density at radius 3 is 2.52 bits per heavy atom. The van der Waals surface area contributed by atoms with Gasteiger partial charge in [0.1, 0.15) is 0 Å². The van der Waals surface area contributed by atoms with Crippen molar-refractivity contribution in [2.45, 2.75) is 19.9 Å². The van der Waals surface area contributed by atoms with Crippen molar-refractivity contribution in [2.75, 3.05) is 0 Å². The molecular formula is C18H16ClNO. The van der Waals surface area contributed by atoms with Crippen molar-refractivity contribution >= 4 is 22.4 Å². The number of rotatable bonds is 3. The van der Waals surface area contributed by atoms with E-state index in [9.17, 15) is 4.79 Å². The summed E-state index contributed by atoms with van der Waals surface area (Å²) in [4.78, 5) is 12.8. The first-order valence-corrected chi connectivity index (χ1v) is 7.47. The zero-order valence-electron chi connectivity index (χ0n) is 11.8. The van der Waals surface area contributed by atoms with Crippen LogP contribution in [0.3, 0.4) is 0 Å². The molecule has 2 aromatic carbocycles. The molecule has 0 spiro atoms. The van der Waals surface area contributed by atoms with Gasteiger partial charge in [-0.25, -0.2) is 0 Å². The van der Waals surface area contributed by atoms with Crippen molar-refractivity contribution in [1.82, 2.24) is 4.57 Å². The van der Waals surface area contributed by atoms with Crippen molar-refractivity contribution < 1.29 is 0 Å². The van der Waals surface area contributed by atoms with Gasteiger partial charge in [-0.3, -0.25) is 4.79 Å². The number of benzene rings is 2. The summed E-state index contributed by atoms with van der Waals surface area (Å²) in [6, 6.07) is 17.6. The molecule has 0 N–H and O–H groups in total. The van der Waals surface area contributed by atoms with E-state index < -0.39 is 0 Å². The highest BCUT2D eigenvalue weighted by Crippen LogP contribution is 2.24. The molecule has 0 unspecified atom stereocenters. The molecule has 0 bridgehead atoms. The number of hydrogen-bond acceptors (Lipinski definition) is 1. The number of nitrogens with zero attached hydrogens (tertiary/aromatic N) is 1. The Morgan fingerprint density at radius 2 is 1.81 bits per heavy atom. The maximum Gasteiger partial charge on any atom is 0.258 e. The van der Waals surface area contributed by atoms with Crippen LogP contribution in [0.15, 0.2) is 59.4 Å². The third-order valence-electron chi connectivity index (χ3n) is 3.59. The highest BCUT2D eigenvalue weighted by atomic mass is 35.5. The van der Waals surface area contributed by atoms with Gasteiger partial charge >= 0.3 is 0 Å². The topological polar surface area (TPSA) is 22.0 Å². The van der Waals surface area contributed by atoms with Gasteiger partial charge in [0.15, 0.2) is 0 Å². The van der Waals surface area contributed by atoms with Crippen LogP contribution in [-0.4, -0.2) is 4.57 Å². The highest BCUT2D eigenvalue weighted by Gasteiger charge is 2.10. The Balaban J connectivity index is 2.36. The van der Waals surface area contributed by atoms with E-state index >= 15 is 0 Å². The minimum Gasteiger partial charge on any atom is -0.308 e. The second-order valence-electron chi connectivity index (χ2n) is 5.08. The van der Waals surface area contributed by atoms with Gasteiger partial charge in [0, 0.05) is 17.0 Å². The standard InChI is InChI=1S/C18H16ClNO/c1-2-10-20-17(13-6-4-3-5-7-13)11-14-8-9-15(19)12-16(14)18(20)21/h3-9,11-12H,2,10H2,1H3. The second-order valence-corrected chi connectivity index (χ2v) is 5.52. The van der Waals surface area contributed by atoms with E-state index in [1.54, 1.807) is 6.07 Å². The molecule has 0 amide bonds. The molecule has 0 atom stereocenters. The van der Waals surface area contributed by atoms with E-state index in [0.29, 0.717) is 17.0 Å². The molecule has 0 aliphatic heterocycles. The van der Waals surface area contributed by atoms with Gasteiger partial charge in [0.2, 0.25) is 0 Å². The first-order valence-electron chi connectivity index (χ1n) is 7.09. The zero-order valence-corrected chi connectivity index (χ0v) is 12.6. The van der Waals surface area contributed by atoms with Crippen LogP contribution in [0.1, 0.15) is 13.3 Å². The van der Waals surface area contributed by atoms with Crippen LogP contribution in [-0.2, 0) is 6.54 Å². The first-order chi connectivity index (χ1) is 10.2. The maximum atomic E-state index is 12.8. The lowest BCUT2D eigenvalue weighted by Crippen LogP contribution is -2.21. The van der Waals surface area contributed by atoms with E-state index in [2.05, 4.69) is 13.0 Å². The fourth-order valence-electron chi connectivity index (χ4n) is 2.61. The Kier molecular flexibility index (Phi) is 3.80. The van der Waals surface area contributed by atoms with Gasteiger partial charge in [0.25, 0.3) is 5.56 Å². The average molecular weight is 298 g/mol. The van der Waals surface area contributed by atoms with E-state index in [4.69, 9.17) is 11.6 Å². The maximum absolute atomic E-state index is 12.8. The quantitative estimate of drug-likeness (QED) is 0.685. The Bertz CT molecular complexity index is 837. The van der Waals surface area contributed by atoms with E-state index in [-0.39, 0.29) is 5.56 Å². The summed E-state index contributed by atoms with van der Waals surface area (Å²) in [7, 11) is 0. The predicted octanol–water partition coefficient (Wildman–Crippen LogP) is 4.73. The normalized spacial score (nSPS) is 11.0. The lowest BCUT2D eigenvalue weighted by molar-refractivity contribution is 0.666. The molecule has 3 aromatic rings. The van der Waals surface area contributed by atoms with E-state index in [1.165, 1.54) is 0 Å². The molecular weight excluding hydrogens is 282 g/mol. The highest BCUT2D eigenvalue weighted by molar-refractivity contribution is 6.31. The van der Waals surface area contributed by atoms with E-state index in [1.807, 2.05) is 47.0 Å². The van der Waals surface area contributed by atoms with Crippen molar-refractivity contribution in [3.8, 4) is 11.3 Å². The van der Waals surface area contributed by atoms with Crippen molar-refractivity contribution in [3.63, 3.8) is 0 Å². The Labute approximate surface area is 128 Å². The van der Waals surface area contributed by atoms with Crippen LogP contribution in [0.2, 0.25) is 5.02 Å². The largest absolute Gasteiger partial charge is 0.308 e. The number of fused-ring (bicyclic) bond motifs is 1. The number of aromatic nitrogens is 1. The zero-order chi connectivity index (χ0) is 14.8. The summed E-state index contributed by atoms with van der Waals surface area (Å²) in [5, 5.41) is 2.20. The molecule has 1 aromatic heterocycles. The summed E-state index contributed by atoms with van der Waals surface area (Å²) in [5.41, 5.74) is 2.04. The van der Waals surface area contributed by atoms with Crippen molar-refractivity contribution in [3.05, 3.63) is 70.0 Å². The predicted molar refractivity (Wildman–Crippen MR) is 88.9 cm³/mol. The molecule has 0 saturated heterocycles. The van der Waals surface area contributed by atoms with Crippen LogP contribution >= 0.6 is 11.6 Å². The van der Waals surface area contributed by atoms with Crippen LogP contribution in [0.4, 0.5) is 0 Å². The third-order valence-corrected chi connectivity index (χ3v) is 3.83. The van der Waals surface area contributed by atoms with Gasteiger partial charge in [-0.2, -0.15) is 0 Å². The molecule has 3 rings (SSSR count). The monoisotopic (exact) mass is 297 g/mol. The molecule has 1 heterocycles. The van der Waals surface area contributed by atoms with Gasteiger partial charge in [-0.15, -0.1) is 0 Å². The summed E-state index contributed by atoms with van der Waals surface area (Å²) in [6.07, 6.45) is 0.909.